The Bertz CT molecular complexity index is 2370. The van der Waals surface area contributed by atoms with Crippen LogP contribution in [-0.4, -0.2) is 6.71 Å². The summed E-state index contributed by atoms with van der Waals surface area (Å²) in [6, 6.07) is 64.9. The van der Waals surface area contributed by atoms with E-state index in [1.807, 2.05) is 0 Å². The molecular formula is C48H41BN2. The lowest BCUT2D eigenvalue weighted by Gasteiger charge is -2.46. The summed E-state index contributed by atoms with van der Waals surface area (Å²) in [5, 5.41) is 0. The van der Waals surface area contributed by atoms with E-state index in [4.69, 9.17) is 0 Å². The fourth-order valence-corrected chi connectivity index (χ4v) is 8.59. The summed E-state index contributed by atoms with van der Waals surface area (Å²) < 4.78 is 0. The summed E-state index contributed by atoms with van der Waals surface area (Å²) in [5.41, 5.74) is 16.1. The number of para-hydroxylation sites is 3. The minimum Gasteiger partial charge on any atom is -0.311 e. The van der Waals surface area contributed by atoms with Crippen LogP contribution in [0.25, 0.3) is 0 Å². The molecule has 0 saturated carbocycles. The molecule has 2 aliphatic heterocycles. The number of hydrogen-bond acceptors (Lipinski definition) is 2. The van der Waals surface area contributed by atoms with E-state index in [-0.39, 0.29) is 17.5 Å². The minimum absolute atomic E-state index is 0.0570. The summed E-state index contributed by atoms with van der Waals surface area (Å²) in [7, 11) is 0. The van der Waals surface area contributed by atoms with Gasteiger partial charge in [-0.1, -0.05) is 161 Å². The van der Waals surface area contributed by atoms with E-state index in [0.717, 1.165) is 5.69 Å². The van der Waals surface area contributed by atoms with Crippen LogP contribution in [0.5, 0.6) is 0 Å². The molecule has 2 nitrogen and oxygen atoms in total. The van der Waals surface area contributed by atoms with Gasteiger partial charge >= 0.3 is 0 Å². The first-order valence-corrected chi connectivity index (χ1v) is 18.1. The topological polar surface area (TPSA) is 6.48 Å². The Balaban J connectivity index is 1.38. The Hall–Kier alpha value is -5.80. The fraction of sp³-hybridized carbons (Fsp3) is 0.125. The van der Waals surface area contributed by atoms with Crippen molar-refractivity contribution >= 4 is 57.2 Å². The van der Waals surface area contributed by atoms with Gasteiger partial charge in [0.2, 0.25) is 0 Å². The Morgan fingerprint density at radius 3 is 1.53 bits per heavy atom. The first-order valence-electron chi connectivity index (χ1n) is 18.1. The van der Waals surface area contributed by atoms with E-state index in [9.17, 15) is 0 Å². The van der Waals surface area contributed by atoms with Crippen LogP contribution >= 0.6 is 0 Å². The van der Waals surface area contributed by atoms with Gasteiger partial charge in [0.25, 0.3) is 6.71 Å². The molecule has 7 aromatic rings. The quantitative estimate of drug-likeness (QED) is 0.164. The lowest BCUT2D eigenvalue weighted by atomic mass is 9.33. The zero-order valence-corrected chi connectivity index (χ0v) is 29.7. The van der Waals surface area contributed by atoms with Crippen LogP contribution in [0.1, 0.15) is 49.9 Å². The lowest BCUT2D eigenvalue weighted by Crippen LogP contribution is -2.62. The molecule has 0 atom stereocenters. The second-order valence-corrected chi connectivity index (χ2v) is 15.0. The zero-order valence-electron chi connectivity index (χ0n) is 29.7. The number of nitrogens with zero attached hydrogens (tertiary/aromatic N) is 2. The second kappa shape index (κ2) is 11.9. The zero-order chi connectivity index (χ0) is 34.7. The van der Waals surface area contributed by atoms with Crippen molar-refractivity contribution in [3.8, 4) is 0 Å². The highest BCUT2D eigenvalue weighted by atomic mass is 15.2. The smallest absolute Gasteiger partial charge is 0.252 e. The molecule has 51 heavy (non-hydrogen) atoms. The Labute approximate surface area is 302 Å². The maximum Gasteiger partial charge on any atom is 0.252 e. The molecule has 0 saturated heterocycles. The van der Waals surface area contributed by atoms with Crippen molar-refractivity contribution in [2.24, 2.45) is 0 Å². The van der Waals surface area contributed by atoms with E-state index >= 15 is 0 Å². The van der Waals surface area contributed by atoms with Gasteiger partial charge in [-0.15, -0.1) is 0 Å². The van der Waals surface area contributed by atoms with E-state index in [1.54, 1.807) is 0 Å². The Morgan fingerprint density at radius 1 is 0.392 bits per heavy atom. The number of benzene rings is 7. The van der Waals surface area contributed by atoms with E-state index in [2.05, 4.69) is 213 Å². The number of anilines is 6. The van der Waals surface area contributed by atoms with Crippen LogP contribution in [0.3, 0.4) is 0 Å². The lowest BCUT2D eigenvalue weighted by molar-refractivity contribution is 0.641. The summed E-state index contributed by atoms with van der Waals surface area (Å²) in [6.07, 6.45) is 0. The molecule has 0 spiro atoms. The number of hydrogen-bond donors (Lipinski definition) is 0. The van der Waals surface area contributed by atoms with Gasteiger partial charge in [0.05, 0.1) is 0 Å². The molecule has 0 aromatic heterocycles. The molecule has 0 radical (unpaired) electrons. The summed E-state index contributed by atoms with van der Waals surface area (Å²) in [5.74, 6) is 0. The molecule has 3 heteroatoms. The highest BCUT2D eigenvalue weighted by molar-refractivity contribution is 7.00. The predicted octanol–water partition coefficient (Wildman–Crippen LogP) is 10.4. The molecular weight excluding hydrogens is 615 g/mol. The second-order valence-electron chi connectivity index (χ2n) is 15.0. The van der Waals surface area contributed by atoms with Crippen molar-refractivity contribution in [2.45, 2.75) is 38.5 Å². The normalized spacial score (nSPS) is 13.4. The Morgan fingerprint density at radius 2 is 0.902 bits per heavy atom. The molecule has 9 rings (SSSR count). The molecule has 0 unspecified atom stereocenters. The van der Waals surface area contributed by atoms with Gasteiger partial charge in [-0.3, -0.25) is 0 Å². The monoisotopic (exact) mass is 656 g/mol. The molecule has 2 aliphatic rings. The van der Waals surface area contributed by atoms with Gasteiger partial charge in [0, 0.05) is 45.0 Å². The number of fused-ring (bicyclic) bond motifs is 4. The van der Waals surface area contributed by atoms with Gasteiger partial charge in [-0.05, 0) is 81.1 Å². The van der Waals surface area contributed by atoms with E-state index in [0.29, 0.717) is 0 Å². The average molecular weight is 657 g/mol. The summed E-state index contributed by atoms with van der Waals surface area (Å²) in [6.45, 7) is 9.50. The van der Waals surface area contributed by atoms with Crippen LogP contribution in [0, 0.1) is 0 Å². The van der Waals surface area contributed by atoms with Crippen molar-refractivity contribution in [1.29, 1.82) is 0 Å². The molecule has 0 amide bonds. The van der Waals surface area contributed by atoms with E-state index in [1.165, 1.54) is 67.1 Å². The van der Waals surface area contributed by atoms with Gasteiger partial charge in [-0.2, -0.15) is 0 Å². The minimum atomic E-state index is -0.267. The largest absolute Gasteiger partial charge is 0.311 e. The molecule has 2 heterocycles. The predicted molar refractivity (Wildman–Crippen MR) is 218 cm³/mol. The van der Waals surface area contributed by atoms with Crippen LogP contribution in [0.2, 0.25) is 0 Å². The first-order chi connectivity index (χ1) is 24.9. The SMILES string of the molecule is CC(C)(c1ccccc1)c1ccc2c(c1)N(c1ccccc1)c1ccc(C(C)(C)c3ccccc3)c3c1B2c1ccccc1N3c1ccccc1. The summed E-state index contributed by atoms with van der Waals surface area (Å²) >= 11 is 0. The molecule has 0 bridgehead atoms. The average Bonchev–Trinajstić information content (AvgIpc) is 3.18. The molecule has 0 fully saturated rings. The molecule has 7 aromatic carbocycles. The van der Waals surface area contributed by atoms with Crippen LogP contribution in [-0.2, 0) is 10.8 Å². The van der Waals surface area contributed by atoms with E-state index < -0.39 is 0 Å². The highest BCUT2D eigenvalue weighted by Crippen LogP contribution is 2.49. The third kappa shape index (κ3) is 4.87. The summed E-state index contributed by atoms with van der Waals surface area (Å²) in [4.78, 5) is 5.05. The molecule has 246 valence electrons. The maximum absolute atomic E-state index is 2.53. The fourth-order valence-electron chi connectivity index (χ4n) is 8.59. The van der Waals surface area contributed by atoms with Crippen molar-refractivity contribution < 1.29 is 0 Å². The van der Waals surface area contributed by atoms with Crippen molar-refractivity contribution in [1.82, 2.24) is 0 Å². The Kier molecular flexibility index (Phi) is 7.29. The standard InChI is InChI=1S/C48H41BN2/c1-47(2,34-19-9-5-10-20-34)36-29-31-41-44(33-36)50(37-23-13-7-14-24-37)43-32-30-39(48(3,4)35-21-11-6-12-22-35)46-45(43)49(41)40-27-17-18-28-42(40)51(46)38-25-15-8-16-26-38/h5-33H,1-4H3. The van der Waals surface area contributed by atoms with Crippen molar-refractivity contribution in [3.63, 3.8) is 0 Å². The van der Waals surface area contributed by atoms with Gasteiger partial charge in [-0.25, -0.2) is 0 Å². The third-order valence-corrected chi connectivity index (χ3v) is 11.4. The van der Waals surface area contributed by atoms with Crippen LogP contribution < -0.4 is 26.2 Å². The number of rotatable bonds is 6. The van der Waals surface area contributed by atoms with Crippen LogP contribution in [0.15, 0.2) is 176 Å². The van der Waals surface area contributed by atoms with Crippen LogP contribution in [0.4, 0.5) is 34.1 Å². The van der Waals surface area contributed by atoms with Crippen molar-refractivity contribution in [3.05, 3.63) is 198 Å². The third-order valence-electron chi connectivity index (χ3n) is 11.4. The first kappa shape index (κ1) is 31.2. The van der Waals surface area contributed by atoms with Crippen molar-refractivity contribution in [2.75, 3.05) is 9.80 Å². The van der Waals surface area contributed by atoms with Gasteiger partial charge < -0.3 is 9.80 Å². The molecule has 0 N–H and O–H groups in total. The highest BCUT2D eigenvalue weighted by Gasteiger charge is 2.46. The van der Waals surface area contributed by atoms with Gasteiger partial charge in [0.15, 0.2) is 0 Å². The maximum atomic E-state index is 2.53. The molecule has 0 aliphatic carbocycles. The van der Waals surface area contributed by atoms with Gasteiger partial charge in [0.1, 0.15) is 0 Å².